The topological polar surface area (TPSA) is 61.3 Å². The van der Waals surface area contributed by atoms with Gasteiger partial charge in [-0.15, -0.1) is 11.8 Å². The van der Waals surface area contributed by atoms with Crippen molar-refractivity contribution in [2.75, 3.05) is 19.5 Å². The van der Waals surface area contributed by atoms with E-state index in [9.17, 15) is 9.18 Å². The molecule has 0 spiro atoms. The number of aromatic nitrogens is 2. The molecule has 1 heterocycles. The van der Waals surface area contributed by atoms with Crippen LogP contribution in [-0.4, -0.2) is 35.4 Å². The zero-order valence-corrected chi connectivity index (χ0v) is 12.8. The Bertz CT molecular complexity index is 679. The Morgan fingerprint density at radius 3 is 2.57 bits per heavy atom. The lowest BCUT2D eigenvalue weighted by molar-refractivity contribution is 0.0514. The van der Waals surface area contributed by atoms with Crippen LogP contribution in [0.15, 0.2) is 17.0 Å². The molecule has 1 aromatic heterocycles. The highest BCUT2D eigenvalue weighted by Gasteiger charge is 2.19. The Morgan fingerprint density at radius 2 is 1.95 bits per heavy atom. The van der Waals surface area contributed by atoms with Crippen molar-refractivity contribution in [3.8, 4) is 5.88 Å². The molecule has 2 rings (SSSR count). The van der Waals surface area contributed by atoms with E-state index in [1.54, 1.807) is 26.2 Å². The lowest BCUT2D eigenvalue weighted by Gasteiger charge is -2.10. The molecule has 0 radical (unpaired) electrons. The first-order chi connectivity index (χ1) is 10.1. The van der Waals surface area contributed by atoms with Gasteiger partial charge < -0.3 is 9.47 Å². The second-order valence-corrected chi connectivity index (χ2v) is 4.85. The van der Waals surface area contributed by atoms with Crippen LogP contribution in [0, 0.1) is 5.82 Å². The molecule has 0 aliphatic carbocycles. The Kier molecular flexibility index (Phi) is 4.95. The van der Waals surface area contributed by atoms with Gasteiger partial charge >= 0.3 is 5.97 Å². The molecular weight excluding hydrogens is 295 g/mol. The van der Waals surface area contributed by atoms with Crippen molar-refractivity contribution in [1.29, 1.82) is 0 Å². The van der Waals surface area contributed by atoms with Crippen LogP contribution in [0.3, 0.4) is 0 Å². The molecule has 112 valence electrons. The standard InChI is InChI=1S/C14H15FN2O3S/c1-4-19-13-12(14(18)20-5-2)16-9-6-8(15)11(21-3)7-10(9)17-13/h6-7H,4-5H2,1-3H3. The molecule has 0 aliphatic heterocycles. The van der Waals surface area contributed by atoms with Gasteiger partial charge in [-0.3, -0.25) is 0 Å². The first kappa shape index (κ1) is 15.5. The van der Waals surface area contributed by atoms with Crippen LogP contribution in [0.1, 0.15) is 24.3 Å². The quantitative estimate of drug-likeness (QED) is 0.625. The van der Waals surface area contributed by atoms with Crippen LogP contribution in [0.2, 0.25) is 0 Å². The molecule has 0 saturated carbocycles. The highest BCUT2D eigenvalue weighted by molar-refractivity contribution is 7.98. The van der Waals surface area contributed by atoms with Gasteiger partial charge in [-0.2, -0.15) is 0 Å². The van der Waals surface area contributed by atoms with Crippen LogP contribution in [-0.2, 0) is 4.74 Å². The molecule has 21 heavy (non-hydrogen) atoms. The summed E-state index contributed by atoms with van der Waals surface area (Å²) >= 11 is 1.27. The summed E-state index contributed by atoms with van der Waals surface area (Å²) in [5.41, 5.74) is 0.719. The van der Waals surface area contributed by atoms with Crippen molar-refractivity contribution in [1.82, 2.24) is 9.97 Å². The van der Waals surface area contributed by atoms with Crippen molar-refractivity contribution in [3.63, 3.8) is 0 Å². The van der Waals surface area contributed by atoms with E-state index in [-0.39, 0.29) is 23.7 Å². The molecule has 0 bridgehead atoms. The Balaban J connectivity index is 2.61. The molecule has 1 aromatic carbocycles. The fraction of sp³-hybridized carbons (Fsp3) is 0.357. The second-order valence-electron chi connectivity index (χ2n) is 4.01. The molecular formula is C14H15FN2O3S. The SMILES string of the molecule is CCOC(=O)c1nc2cc(F)c(SC)cc2nc1OCC. The van der Waals surface area contributed by atoms with Crippen molar-refractivity contribution in [2.24, 2.45) is 0 Å². The minimum atomic E-state index is -0.635. The largest absolute Gasteiger partial charge is 0.476 e. The number of hydrogen-bond donors (Lipinski definition) is 0. The predicted octanol–water partition coefficient (Wildman–Crippen LogP) is 3.07. The predicted molar refractivity (Wildman–Crippen MR) is 78.4 cm³/mol. The van der Waals surface area contributed by atoms with Gasteiger partial charge in [0.15, 0.2) is 0 Å². The third-order valence-electron chi connectivity index (χ3n) is 2.66. The molecule has 0 unspecified atom stereocenters. The van der Waals surface area contributed by atoms with Crippen LogP contribution in [0.25, 0.3) is 11.0 Å². The van der Waals surface area contributed by atoms with E-state index < -0.39 is 11.8 Å². The molecule has 0 atom stereocenters. The zero-order valence-electron chi connectivity index (χ0n) is 12.0. The number of carbonyl (C=O) groups is 1. The number of rotatable bonds is 5. The Hall–Kier alpha value is -1.89. The number of fused-ring (bicyclic) bond motifs is 1. The number of esters is 1. The normalized spacial score (nSPS) is 10.7. The van der Waals surface area contributed by atoms with E-state index in [2.05, 4.69) is 9.97 Å². The number of carbonyl (C=O) groups excluding carboxylic acids is 1. The fourth-order valence-corrected chi connectivity index (χ4v) is 2.25. The summed E-state index contributed by atoms with van der Waals surface area (Å²) in [4.78, 5) is 20.7. The van der Waals surface area contributed by atoms with E-state index in [4.69, 9.17) is 9.47 Å². The minimum Gasteiger partial charge on any atom is -0.476 e. The van der Waals surface area contributed by atoms with Gasteiger partial charge in [-0.1, -0.05) is 0 Å². The number of ether oxygens (including phenoxy) is 2. The first-order valence-electron chi connectivity index (χ1n) is 6.45. The molecule has 7 heteroatoms. The van der Waals surface area contributed by atoms with Gasteiger partial charge in [0.05, 0.1) is 24.2 Å². The van der Waals surface area contributed by atoms with E-state index >= 15 is 0 Å². The van der Waals surface area contributed by atoms with Gasteiger partial charge in [0.25, 0.3) is 0 Å². The maximum Gasteiger partial charge on any atom is 0.362 e. The van der Waals surface area contributed by atoms with Crippen molar-refractivity contribution >= 4 is 28.8 Å². The molecule has 2 aromatic rings. The summed E-state index contributed by atoms with van der Waals surface area (Å²) in [5.74, 6) is -0.935. The third kappa shape index (κ3) is 3.24. The third-order valence-corrected chi connectivity index (χ3v) is 3.41. The van der Waals surface area contributed by atoms with E-state index in [0.717, 1.165) is 0 Å². The summed E-state index contributed by atoms with van der Waals surface area (Å²) in [6.45, 7) is 4.02. The maximum absolute atomic E-state index is 13.8. The summed E-state index contributed by atoms with van der Waals surface area (Å²) in [6, 6.07) is 2.84. The second kappa shape index (κ2) is 6.71. The molecule has 0 saturated heterocycles. The molecule has 0 N–H and O–H groups in total. The van der Waals surface area contributed by atoms with Crippen molar-refractivity contribution < 1.29 is 18.7 Å². The van der Waals surface area contributed by atoms with Crippen LogP contribution in [0.4, 0.5) is 4.39 Å². The van der Waals surface area contributed by atoms with Crippen LogP contribution >= 0.6 is 11.8 Å². The van der Waals surface area contributed by atoms with Gasteiger partial charge in [0, 0.05) is 11.0 Å². The number of benzene rings is 1. The summed E-state index contributed by atoms with van der Waals surface area (Å²) < 4.78 is 24.1. The van der Waals surface area contributed by atoms with Gasteiger partial charge in [0.2, 0.25) is 11.6 Å². The van der Waals surface area contributed by atoms with Gasteiger partial charge in [-0.05, 0) is 26.2 Å². The maximum atomic E-state index is 13.8. The van der Waals surface area contributed by atoms with Crippen LogP contribution < -0.4 is 4.74 Å². The lowest BCUT2D eigenvalue weighted by atomic mass is 10.2. The number of nitrogens with zero attached hydrogens (tertiary/aromatic N) is 2. The van der Waals surface area contributed by atoms with E-state index in [0.29, 0.717) is 17.0 Å². The summed E-state index contributed by atoms with van der Waals surface area (Å²) in [6.07, 6.45) is 1.77. The number of halogens is 1. The zero-order chi connectivity index (χ0) is 15.4. The average molecular weight is 310 g/mol. The summed E-state index contributed by atoms with van der Waals surface area (Å²) in [5, 5.41) is 0. The molecule has 5 nitrogen and oxygen atoms in total. The summed E-state index contributed by atoms with van der Waals surface area (Å²) in [7, 11) is 0. The molecule has 0 fully saturated rings. The molecule has 0 aliphatic rings. The Morgan fingerprint density at radius 1 is 1.24 bits per heavy atom. The van der Waals surface area contributed by atoms with Crippen molar-refractivity contribution in [3.05, 3.63) is 23.6 Å². The highest BCUT2D eigenvalue weighted by atomic mass is 32.2. The number of thioether (sulfide) groups is 1. The average Bonchev–Trinajstić information content (AvgIpc) is 2.46. The molecule has 0 amide bonds. The highest BCUT2D eigenvalue weighted by Crippen LogP contribution is 2.26. The lowest BCUT2D eigenvalue weighted by Crippen LogP contribution is -2.12. The number of hydrogen-bond acceptors (Lipinski definition) is 6. The van der Waals surface area contributed by atoms with E-state index in [1.807, 2.05) is 0 Å². The fourth-order valence-electron chi connectivity index (χ4n) is 1.77. The van der Waals surface area contributed by atoms with Crippen LogP contribution in [0.5, 0.6) is 5.88 Å². The minimum absolute atomic E-state index is 0.0394. The van der Waals surface area contributed by atoms with Crippen molar-refractivity contribution in [2.45, 2.75) is 18.7 Å². The van der Waals surface area contributed by atoms with Gasteiger partial charge in [-0.25, -0.2) is 19.2 Å². The Labute approximate surface area is 125 Å². The van der Waals surface area contributed by atoms with Gasteiger partial charge in [0.1, 0.15) is 5.82 Å². The first-order valence-corrected chi connectivity index (χ1v) is 7.68. The smallest absolute Gasteiger partial charge is 0.362 e. The van der Waals surface area contributed by atoms with E-state index in [1.165, 1.54) is 17.8 Å². The monoisotopic (exact) mass is 310 g/mol.